The van der Waals surface area contributed by atoms with Gasteiger partial charge in [-0.2, -0.15) is 0 Å². The summed E-state index contributed by atoms with van der Waals surface area (Å²) in [6.45, 7) is 4.53. The van der Waals surface area contributed by atoms with E-state index in [9.17, 15) is 4.79 Å². The quantitative estimate of drug-likeness (QED) is 0.837. The van der Waals surface area contributed by atoms with Crippen molar-refractivity contribution < 1.29 is 4.79 Å². The molecule has 0 aromatic carbocycles. The number of nitrogens with one attached hydrogen (secondary N) is 2. The molecule has 1 rings (SSSR count). The fraction of sp³-hybridized carbons (Fsp3) is 0.538. The molecule has 1 aromatic rings. The van der Waals surface area contributed by atoms with Gasteiger partial charge in [-0.15, -0.1) is 0 Å². The molecule has 18 heavy (non-hydrogen) atoms. The van der Waals surface area contributed by atoms with Crippen LogP contribution in [0.15, 0.2) is 18.3 Å². The third kappa shape index (κ3) is 4.61. The van der Waals surface area contributed by atoms with Crippen molar-refractivity contribution in [1.82, 2.24) is 15.6 Å². The van der Waals surface area contributed by atoms with Crippen molar-refractivity contribution in [2.75, 3.05) is 19.0 Å². The zero-order valence-corrected chi connectivity index (χ0v) is 11.5. The van der Waals surface area contributed by atoms with Gasteiger partial charge in [0.1, 0.15) is 5.82 Å². The number of carbonyl (C=O) groups is 1. The Morgan fingerprint density at radius 2 is 2.22 bits per heavy atom. The summed E-state index contributed by atoms with van der Waals surface area (Å²) >= 11 is 0. The summed E-state index contributed by atoms with van der Waals surface area (Å²) in [6, 6.07) is 3.92. The van der Waals surface area contributed by atoms with Crippen LogP contribution in [-0.2, 0) is 6.54 Å². The van der Waals surface area contributed by atoms with Crippen LogP contribution in [0.1, 0.15) is 25.8 Å². The average molecular weight is 250 g/mol. The lowest BCUT2D eigenvalue weighted by molar-refractivity contribution is 0.237. The number of nitrogens with zero attached hydrogens (tertiary/aromatic N) is 2. The molecule has 1 atom stereocenters. The first-order chi connectivity index (χ1) is 8.52. The lowest BCUT2D eigenvalue weighted by atomic mass is 10.2. The van der Waals surface area contributed by atoms with Crippen LogP contribution in [0.4, 0.5) is 10.6 Å². The van der Waals surface area contributed by atoms with Gasteiger partial charge in [0.2, 0.25) is 0 Å². The Morgan fingerprint density at radius 3 is 2.83 bits per heavy atom. The van der Waals surface area contributed by atoms with Gasteiger partial charge < -0.3 is 15.5 Å². The molecule has 0 spiro atoms. The van der Waals surface area contributed by atoms with Crippen LogP contribution in [0.2, 0.25) is 0 Å². The highest BCUT2D eigenvalue weighted by Crippen LogP contribution is 2.09. The number of rotatable bonds is 5. The first kappa shape index (κ1) is 14.3. The SMILES string of the molecule is CCC(C)NC(=O)NCc1ccnc(N(C)C)c1. The summed E-state index contributed by atoms with van der Waals surface area (Å²) < 4.78 is 0. The molecule has 1 heterocycles. The van der Waals surface area contributed by atoms with E-state index in [2.05, 4.69) is 15.6 Å². The van der Waals surface area contributed by atoms with E-state index < -0.39 is 0 Å². The van der Waals surface area contributed by atoms with E-state index in [1.807, 2.05) is 45.0 Å². The number of hydrogen-bond acceptors (Lipinski definition) is 3. The Bertz CT molecular complexity index is 392. The second-order valence-corrected chi connectivity index (χ2v) is 4.55. The molecular weight excluding hydrogens is 228 g/mol. The third-order valence-corrected chi connectivity index (χ3v) is 2.71. The maximum absolute atomic E-state index is 11.6. The lowest BCUT2D eigenvalue weighted by Crippen LogP contribution is -2.40. The van der Waals surface area contributed by atoms with Crippen molar-refractivity contribution in [3.05, 3.63) is 23.9 Å². The molecule has 1 unspecified atom stereocenters. The van der Waals surface area contributed by atoms with Gasteiger partial charge >= 0.3 is 6.03 Å². The Kier molecular flexibility index (Phi) is 5.42. The summed E-state index contributed by atoms with van der Waals surface area (Å²) in [5.41, 5.74) is 1.04. The third-order valence-electron chi connectivity index (χ3n) is 2.71. The van der Waals surface area contributed by atoms with Crippen LogP contribution >= 0.6 is 0 Å². The van der Waals surface area contributed by atoms with Crippen LogP contribution in [-0.4, -0.2) is 31.2 Å². The van der Waals surface area contributed by atoms with E-state index in [4.69, 9.17) is 0 Å². The van der Waals surface area contributed by atoms with Crippen molar-refractivity contribution >= 4 is 11.8 Å². The smallest absolute Gasteiger partial charge is 0.315 e. The van der Waals surface area contributed by atoms with Gasteiger partial charge in [-0.25, -0.2) is 9.78 Å². The molecule has 0 bridgehead atoms. The zero-order chi connectivity index (χ0) is 13.5. The monoisotopic (exact) mass is 250 g/mol. The molecule has 2 N–H and O–H groups in total. The standard InChI is InChI=1S/C13H22N4O/c1-5-10(2)16-13(18)15-9-11-6-7-14-12(8-11)17(3)4/h6-8,10H,5,9H2,1-4H3,(H2,15,16,18). The summed E-state index contributed by atoms with van der Waals surface area (Å²) in [7, 11) is 3.88. The van der Waals surface area contributed by atoms with E-state index in [-0.39, 0.29) is 12.1 Å². The van der Waals surface area contributed by atoms with Crippen molar-refractivity contribution in [2.24, 2.45) is 0 Å². The Morgan fingerprint density at radius 1 is 1.50 bits per heavy atom. The molecule has 100 valence electrons. The fourth-order valence-corrected chi connectivity index (χ4v) is 1.37. The number of pyridine rings is 1. The Hall–Kier alpha value is -1.78. The molecule has 0 fully saturated rings. The van der Waals surface area contributed by atoms with Crippen LogP contribution in [0.5, 0.6) is 0 Å². The second kappa shape index (κ2) is 6.83. The molecule has 5 heteroatoms. The number of hydrogen-bond donors (Lipinski definition) is 2. The zero-order valence-electron chi connectivity index (χ0n) is 11.5. The van der Waals surface area contributed by atoms with Crippen LogP contribution in [0.3, 0.4) is 0 Å². The molecule has 5 nitrogen and oxygen atoms in total. The number of anilines is 1. The maximum atomic E-state index is 11.6. The van der Waals surface area contributed by atoms with Crippen LogP contribution in [0.25, 0.3) is 0 Å². The molecule has 0 saturated heterocycles. The van der Waals surface area contributed by atoms with E-state index in [1.54, 1.807) is 6.20 Å². The molecule has 0 aliphatic rings. The molecule has 0 aliphatic heterocycles. The predicted octanol–water partition coefficient (Wildman–Crippen LogP) is 1.75. The number of carbonyl (C=O) groups excluding carboxylic acids is 1. The second-order valence-electron chi connectivity index (χ2n) is 4.55. The van der Waals surface area contributed by atoms with Gasteiger partial charge in [0, 0.05) is 32.9 Å². The fourth-order valence-electron chi connectivity index (χ4n) is 1.37. The lowest BCUT2D eigenvalue weighted by Gasteiger charge is -2.14. The van der Waals surface area contributed by atoms with Crippen molar-refractivity contribution in [2.45, 2.75) is 32.9 Å². The molecular formula is C13H22N4O. The topological polar surface area (TPSA) is 57.3 Å². The van der Waals surface area contributed by atoms with Crippen molar-refractivity contribution in [1.29, 1.82) is 0 Å². The van der Waals surface area contributed by atoms with Crippen molar-refractivity contribution in [3.63, 3.8) is 0 Å². The molecule has 0 aliphatic carbocycles. The summed E-state index contributed by atoms with van der Waals surface area (Å²) in [5.74, 6) is 0.886. The first-order valence-corrected chi connectivity index (χ1v) is 6.19. The maximum Gasteiger partial charge on any atom is 0.315 e. The van der Waals surface area contributed by atoms with E-state index >= 15 is 0 Å². The normalized spacial score (nSPS) is 11.8. The Balaban J connectivity index is 2.48. The molecule has 1 aromatic heterocycles. The molecule has 0 radical (unpaired) electrons. The predicted molar refractivity (Wildman–Crippen MR) is 73.7 cm³/mol. The minimum Gasteiger partial charge on any atom is -0.363 e. The van der Waals surface area contributed by atoms with Gasteiger partial charge in [-0.05, 0) is 31.0 Å². The van der Waals surface area contributed by atoms with Crippen LogP contribution in [0, 0.1) is 0 Å². The highest BCUT2D eigenvalue weighted by Gasteiger charge is 2.05. The van der Waals surface area contributed by atoms with Crippen molar-refractivity contribution in [3.8, 4) is 0 Å². The average Bonchev–Trinajstić information content (AvgIpc) is 2.36. The summed E-state index contributed by atoms with van der Waals surface area (Å²) in [4.78, 5) is 17.7. The number of aromatic nitrogens is 1. The minimum absolute atomic E-state index is 0.132. The highest BCUT2D eigenvalue weighted by molar-refractivity contribution is 5.74. The summed E-state index contributed by atoms with van der Waals surface area (Å²) in [5, 5.41) is 5.70. The largest absolute Gasteiger partial charge is 0.363 e. The van der Waals surface area contributed by atoms with E-state index in [0.717, 1.165) is 17.8 Å². The summed E-state index contributed by atoms with van der Waals surface area (Å²) in [6.07, 6.45) is 2.67. The number of urea groups is 1. The van der Waals surface area contributed by atoms with Gasteiger partial charge in [0.25, 0.3) is 0 Å². The van der Waals surface area contributed by atoms with Crippen LogP contribution < -0.4 is 15.5 Å². The van der Waals surface area contributed by atoms with Gasteiger partial charge in [-0.1, -0.05) is 6.92 Å². The van der Waals surface area contributed by atoms with Gasteiger partial charge in [0.15, 0.2) is 0 Å². The van der Waals surface area contributed by atoms with Gasteiger partial charge in [-0.3, -0.25) is 0 Å². The van der Waals surface area contributed by atoms with Gasteiger partial charge in [0.05, 0.1) is 0 Å². The van der Waals surface area contributed by atoms with E-state index in [1.165, 1.54) is 0 Å². The molecule has 0 saturated carbocycles. The number of amides is 2. The first-order valence-electron chi connectivity index (χ1n) is 6.19. The minimum atomic E-state index is -0.132. The highest BCUT2D eigenvalue weighted by atomic mass is 16.2. The molecule has 2 amide bonds. The van der Waals surface area contributed by atoms with E-state index in [0.29, 0.717) is 6.54 Å². The Labute approximate surface area is 109 Å².